The molecule has 0 saturated heterocycles. The average Bonchev–Trinajstić information content (AvgIpc) is 2.39. The number of rotatable bonds is 4. The molecule has 0 fully saturated rings. The number of benzene rings is 1. The van der Waals surface area contributed by atoms with Crippen molar-refractivity contribution in [2.75, 3.05) is 5.32 Å². The summed E-state index contributed by atoms with van der Waals surface area (Å²) in [6.45, 7) is 3.77. The molecule has 1 unspecified atom stereocenters. The van der Waals surface area contributed by atoms with E-state index in [1.807, 2.05) is 38.1 Å². The lowest BCUT2D eigenvalue weighted by Gasteiger charge is -2.14. The molecule has 0 aliphatic heterocycles. The first-order valence-corrected chi connectivity index (χ1v) is 6.38. The van der Waals surface area contributed by atoms with Crippen molar-refractivity contribution < 1.29 is 9.90 Å². The van der Waals surface area contributed by atoms with E-state index < -0.39 is 6.10 Å². The first-order valence-electron chi connectivity index (χ1n) is 6.38. The Morgan fingerprint density at radius 2 is 2.05 bits per heavy atom. The molecule has 1 aromatic carbocycles. The van der Waals surface area contributed by atoms with Crippen LogP contribution in [0.2, 0.25) is 0 Å². The second-order valence-electron chi connectivity index (χ2n) is 4.97. The van der Waals surface area contributed by atoms with E-state index >= 15 is 0 Å². The minimum Gasteiger partial charge on any atom is -0.392 e. The zero-order valence-electron chi connectivity index (χ0n) is 11.1. The van der Waals surface area contributed by atoms with Crippen molar-refractivity contribution >= 4 is 22.4 Å². The minimum atomic E-state index is -0.622. The summed E-state index contributed by atoms with van der Waals surface area (Å²) in [5, 5.41) is 14.4. The van der Waals surface area contributed by atoms with Gasteiger partial charge in [-0.15, -0.1) is 0 Å². The number of amides is 1. The van der Waals surface area contributed by atoms with Crippen molar-refractivity contribution in [3.63, 3.8) is 0 Å². The molecule has 2 aromatic rings. The molecule has 100 valence electrons. The van der Waals surface area contributed by atoms with Gasteiger partial charge >= 0.3 is 0 Å². The van der Waals surface area contributed by atoms with Gasteiger partial charge in [-0.3, -0.25) is 9.78 Å². The number of carbonyl (C=O) groups is 1. The van der Waals surface area contributed by atoms with Crippen LogP contribution < -0.4 is 5.32 Å². The summed E-state index contributed by atoms with van der Waals surface area (Å²) in [5.41, 5.74) is 0.680. The third-order valence-electron chi connectivity index (χ3n) is 3.11. The van der Waals surface area contributed by atoms with Crippen LogP contribution in [0.5, 0.6) is 0 Å². The number of hydrogen-bond donors (Lipinski definition) is 2. The Bertz CT molecular complexity index is 576. The zero-order valence-corrected chi connectivity index (χ0v) is 11.1. The quantitative estimate of drug-likeness (QED) is 0.886. The van der Waals surface area contributed by atoms with E-state index in [1.54, 1.807) is 12.4 Å². The maximum Gasteiger partial charge on any atom is 0.227 e. The largest absolute Gasteiger partial charge is 0.392 e. The standard InChI is InChI=1S/C15H18N2O2/c1-10(2)14(18)7-15(19)17-13-9-16-8-11-5-3-4-6-12(11)13/h3-6,8-10,14,18H,7H2,1-2H3,(H,17,19). The van der Waals surface area contributed by atoms with E-state index in [1.165, 1.54) is 0 Å². The summed E-state index contributed by atoms with van der Waals surface area (Å²) in [5.74, 6) is -0.129. The molecule has 2 N–H and O–H groups in total. The third-order valence-corrected chi connectivity index (χ3v) is 3.11. The van der Waals surface area contributed by atoms with Gasteiger partial charge in [-0.2, -0.15) is 0 Å². The van der Waals surface area contributed by atoms with Crippen molar-refractivity contribution in [1.82, 2.24) is 4.98 Å². The van der Waals surface area contributed by atoms with Crippen LogP contribution in [-0.4, -0.2) is 22.1 Å². The Labute approximate surface area is 112 Å². The molecular formula is C15H18N2O2. The predicted molar refractivity (Wildman–Crippen MR) is 75.8 cm³/mol. The number of nitrogens with zero attached hydrogens (tertiary/aromatic N) is 1. The molecule has 1 heterocycles. The number of pyridine rings is 1. The van der Waals surface area contributed by atoms with Crippen molar-refractivity contribution in [2.45, 2.75) is 26.4 Å². The van der Waals surface area contributed by atoms with Gasteiger partial charge in [0.05, 0.1) is 24.4 Å². The fourth-order valence-electron chi connectivity index (χ4n) is 1.84. The van der Waals surface area contributed by atoms with E-state index in [2.05, 4.69) is 10.3 Å². The van der Waals surface area contributed by atoms with Gasteiger partial charge < -0.3 is 10.4 Å². The third kappa shape index (κ3) is 3.29. The Balaban J connectivity index is 2.15. The highest BCUT2D eigenvalue weighted by molar-refractivity contribution is 6.01. The van der Waals surface area contributed by atoms with Crippen LogP contribution in [0.3, 0.4) is 0 Å². The number of hydrogen-bond acceptors (Lipinski definition) is 3. The van der Waals surface area contributed by atoms with Crippen LogP contribution in [0.1, 0.15) is 20.3 Å². The maximum atomic E-state index is 11.9. The highest BCUT2D eigenvalue weighted by Gasteiger charge is 2.15. The van der Waals surface area contributed by atoms with Gasteiger partial charge in [-0.05, 0) is 5.92 Å². The molecule has 0 bridgehead atoms. The van der Waals surface area contributed by atoms with Crippen molar-refractivity contribution in [3.8, 4) is 0 Å². The van der Waals surface area contributed by atoms with Crippen molar-refractivity contribution in [1.29, 1.82) is 0 Å². The van der Waals surface area contributed by atoms with Gasteiger partial charge in [-0.25, -0.2) is 0 Å². The summed E-state index contributed by atoms with van der Waals surface area (Å²) in [7, 11) is 0. The topological polar surface area (TPSA) is 62.2 Å². The number of anilines is 1. The lowest BCUT2D eigenvalue weighted by molar-refractivity contribution is -0.118. The Hall–Kier alpha value is -1.94. The molecule has 1 amide bonds. The highest BCUT2D eigenvalue weighted by Crippen LogP contribution is 2.21. The minimum absolute atomic E-state index is 0.0661. The van der Waals surface area contributed by atoms with Gasteiger partial charge in [0.25, 0.3) is 0 Å². The van der Waals surface area contributed by atoms with Crippen LogP contribution in [0, 0.1) is 5.92 Å². The van der Waals surface area contributed by atoms with Crippen molar-refractivity contribution in [3.05, 3.63) is 36.7 Å². The Morgan fingerprint density at radius 3 is 2.79 bits per heavy atom. The number of aliphatic hydroxyl groups excluding tert-OH is 1. The molecule has 0 radical (unpaired) electrons. The van der Waals surface area contributed by atoms with E-state index in [0.717, 1.165) is 10.8 Å². The first kappa shape index (κ1) is 13.5. The summed E-state index contributed by atoms with van der Waals surface area (Å²) in [6.07, 6.45) is 2.86. The SMILES string of the molecule is CC(C)C(O)CC(=O)Nc1cncc2ccccc12. The molecule has 1 atom stereocenters. The zero-order chi connectivity index (χ0) is 13.8. The van der Waals surface area contributed by atoms with Crippen LogP contribution >= 0.6 is 0 Å². The second-order valence-corrected chi connectivity index (χ2v) is 4.97. The lowest BCUT2D eigenvalue weighted by atomic mass is 10.0. The summed E-state index contributed by atoms with van der Waals surface area (Å²) in [4.78, 5) is 16.0. The van der Waals surface area contributed by atoms with Crippen molar-refractivity contribution in [2.24, 2.45) is 5.92 Å². The number of aliphatic hydroxyl groups is 1. The molecule has 0 aliphatic rings. The Morgan fingerprint density at radius 1 is 1.32 bits per heavy atom. The molecule has 4 nitrogen and oxygen atoms in total. The van der Waals surface area contributed by atoms with Crippen LogP contribution in [-0.2, 0) is 4.79 Å². The van der Waals surface area contributed by atoms with E-state index in [0.29, 0.717) is 5.69 Å². The lowest BCUT2D eigenvalue weighted by Crippen LogP contribution is -2.23. The van der Waals surface area contributed by atoms with Crippen LogP contribution in [0.25, 0.3) is 10.8 Å². The molecule has 4 heteroatoms. The molecular weight excluding hydrogens is 240 g/mol. The maximum absolute atomic E-state index is 11.9. The van der Waals surface area contributed by atoms with E-state index in [9.17, 15) is 9.90 Å². The Kier molecular flexibility index (Phi) is 4.12. The van der Waals surface area contributed by atoms with Gasteiger partial charge in [0.15, 0.2) is 0 Å². The fourth-order valence-corrected chi connectivity index (χ4v) is 1.84. The molecule has 1 aromatic heterocycles. The first-order chi connectivity index (χ1) is 9.08. The summed E-state index contributed by atoms with van der Waals surface area (Å²) >= 11 is 0. The molecule has 0 aliphatic carbocycles. The van der Waals surface area contributed by atoms with Gasteiger partial charge in [0.1, 0.15) is 0 Å². The average molecular weight is 258 g/mol. The fraction of sp³-hybridized carbons (Fsp3) is 0.333. The summed E-state index contributed by atoms with van der Waals surface area (Å²) < 4.78 is 0. The highest BCUT2D eigenvalue weighted by atomic mass is 16.3. The molecule has 0 spiro atoms. The number of nitrogens with one attached hydrogen (secondary N) is 1. The molecule has 0 saturated carbocycles. The number of fused-ring (bicyclic) bond motifs is 1. The number of carbonyl (C=O) groups excluding carboxylic acids is 1. The van der Waals surface area contributed by atoms with E-state index in [4.69, 9.17) is 0 Å². The van der Waals surface area contributed by atoms with E-state index in [-0.39, 0.29) is 18.2 Å². The molecule has 19 heavy (non-hydrogen) atoms. The van der Waals surface area contributed by atoms with Gasteiger partial charge in [-0.1, -0.05) is 38.1 Å². The van der Waals surface area contributed by atoms with Gasteiger partial charge in [0.2, 0.25) is 5.91 Å². The van der Waals surface area contributed by atoms with Crippen LogP contribution in [0.4, 0.5) is 5.69 Å². The predicted octanol–water partition coefficient (Wildman–Crippen LogP) is 2.58. The van der Waals surface area contributed by atoms with Gasteiger partial charge in [0, 0.05) is 17.0 Å². The normalized spacial score (nSPS) is 12.6. The summed E-state index contributed by atoms with van der Waals surface area (Å²) in [6, 6.07) is 7.73. The monoisotopic (exact) mass is 258 g/mol. The molecule has 2 rings (SSSR count). The smallest absolute Gasteiger partial charge is 0.227 e. The van der Waals surface area contributed by atoms with Crippen LogP contribution in [0.15, 0.2) is 36.7 Å². The second kappa shape index (κ2) is 5.80. The number of aromatic nitrogens is 1.